The van der Waals surface area contributed by atoms with Crippen molar-refractivity contribution in [3.63, 3.8) is 0 Å². The molecule has 5 rings (SSSR count). The molecule has 2 amide bonds. The van der Waals surface area contributed by atoms with E-state index in [1.54, 1.807) is 42.6 Å². The van der Waals surface area contributed by atoms with Crippen LogP contribution in [-0.4, -0.2) is 54.1 Å². The van der Waals surface area contributed by atoms with Crippen LogP contribution in [0.2, 0.25) is 0 Å². The lowest BCUT2D eigenvalue weighted by Crippen LogP contribution is -2.35. The number of carbonyl (C=O) groups excluding carboxylic acids is 2. The van der Waals surface area contributed by atoms with Gasteiger partial charge in [-0.05, 0) is 61.0 Å². The summed E-state index contributed by atoms with van der Waals surface area (Å²) in [5, 5.41) is 5.42. The molecule has 4 aromatic rings. The Kier molecular flexibility index (Phi) is 10.2. The van der Waals surface area contributed by atoms with Crippen LogP contribution in [-0.2, 0) is 11.2 Å². The number of thiophene rings is 1. The number of rotatable bonds is 8. The zero-order valence-electron chi connectivity index (χ0n) is 22.8. The van der Waals surface area contributed by atoms with Crippen molar-refractivity contribution < 1.29 is 28.2 Å². The van der Waals surface area contributed by atoms with E-state index in [1.807, 2.05) is 4.90 Å². The molecular weight excluding hydrogens is 603 g/mol. The highest BCUT2D eigenvalue weighted by Gasteiger charge is 2.23. The summed E-state index contributed by atoms with van der Waals surface area (Å²) < 4.78 is 32.0. The Morgan fingerprint density at radius 2 is 1.74 bits per heavy atom. The van der Waals surface area contributed by atoms with E-state index in [0.29, 0.717) is 43.6 Å². The fraction of sp³-hybridized carbons (Fsp3) is 0.241. The van der Waals surface area contributed by atoms with Gasteiger partial charge in [-0.15, -0.1) is 23.7 Å². The van der Waals surface area contributed by atoms with E-state index in [9.17, 15) is 9.59 Å². The number of amides is 2. The first kappa shape index (κ1) is 30.9. The first-order valence-electron chi connectivity index (χ1n) is 12.8. The number of anilines is 1. The number of benzene rings is 2. The minimum atomic E-state index is -0.635. The number of methoxy groups -OCH3 is 2. The second-order valence-electron chi connectivity index (χ2n) is 9.25. The van der Waals surface area contributed by atoms with Gasteiger partial charge in [0.2, 0.25) is 5.91 Å². The first-order valence-corrected chi connectivity index (χ1v) is 14.0. The smallest absolute Gasteiger partial charge is 0.264 e. The van der Waals surface area contributed by atoms with E-state index >= 15 is 4.39 Å². The van der Waals surface area contributed by atoms with E-state index < -0.39 is 5.82 Å². The highest BCUT2D eigenvalue weighted by Crippen LogP contribution is 2.37. The van der Waals surface area contributed by atoms with Gasteiger partial charge in [0.25, 0.3) is 5.91 Å². The van der Waals surface area contributed by atoms with Gasteiger partial charge in [0.15, 0.2) is 28.2 Å². The number of aromatic nitrogens is 1. The number of hydrogen-bond donors (Lipinski definition) is 2. The lowest BCUT2D eigenvalue weighted by molar-refractivity contribution is -0.119. The topological polar surface area (TPSA) is 102 Å². The second-order valence-corrected chi connectivity index (χ2v) is 10.7. The SMILES string of the molecule is COc1ccc(CC(=O)NC(=S)Nc2ccc(Oc3ccnc4cc(C(=O)N5CCCC5)sc34)c(F)c2)cc1OC.Cl. The average Bonchev–Trinajstić information content (AvgIpc) is 3.65. The Morgan fingerprint density at radius 3 is 2.45 bits per heavy atom. The molecule has 0 spiro atoms. The maximum atomic E-state index is 15.0. The number of fused-ring (bicyclic) bond motifs is 1. The van der Waals surface area contributed by atoms with E-state index in [1.165, 1.54) is 37.7 Å². The van der Waals surface area contributed by atoms with Crippen LogP contribution < -0.4 is 24.8 Å². The summed E-state index contributed by atoms with van der Waals surface area (Å²) in [6.07, 6.45) is 3.62. The predicted molar refractivity (Wildman–Crippen MR) is 166 cm³/mol. The minimum absolute atomic E-state index is 0. The predicted octanol–water partition coefficient (Wildman–Crippen LogP) is 5.96. The van der Waals surface area contributed by atoms with Crippen LogP contribution in [0.5, 0.6) is 23.0 Å². The number of likely N-dealkylation sites (tertiary alicyclic amines) is 1. The van der Waals surface area contributed by atoms with Crippen molar-refractivity contribution >= 4 is 68.8 Å². The van der Waals surface area contributed by atoms with Gasteiger partial charge in [-0.25, -0.2) is 4.39 Å². The van der Waals surface area contributed by atoms with Gasteiger partial charge in [-0.2, -0.15) is 0 Å². The molecule has 0 saturated carbocycles. The minimum Gasteiger partial charge on any atom is -0.493 e. The fourth-order valence-corrected chi connectivity index (χ4v) is 5.73. The third-order valence-electron chi connectivity index (χ3n) is 6.46. The number of pyridine rings is 1. The van der Waals surface area contributed by atoms with E-state index in [2.05, 4.69) is 15.6 Å². The Bertz CT molecular complexity index is 1630. The van der Waals surface area contributed by atoms with Crippen molar-refractivity contribution in [2.24, 2.45) is 0 Å². The quantitative estimate of drug-likeness (QED) is 0.230. The lowest BCUT2D eigenvalue weighted by atomic mass is 10.1. The third-order valence-corrected chi connectivity index (χ3v) is 7.79. The molecule has 2 aromatic carbocycles. The highest BCUT2D eigenvalue weighted by atomic mass is 35.5. The molecule has 2 N–H and O–H groups in total. The fourth-order valence-electron chi connectivity index (χ4n) is 4.47. The molecule has 1 fully saturated rings. The molecule has 13 heteroatoms. The number of ether oxygens (including phenoxy) is 3. The summed E-state index contributed by atoms with van der Waals surface area (Å²) in [6.45, 7) is 1.50. The Morgan fingerprint density at radius 1 is 1.00 bits per heavy atom. The van der Waals surface area contributed by atoms with Crippen LogP contribution in [0.1, 0.15) is 28.1 Å². The summed E-state index contributed by atoms with van der Waals surface area (Å²) in [5.74, 6) is 0.457. The molecule has 9 nitrogen and oxygen atoms in total. The van der Waals surface area contributed by atoms with Crippen molar-refractivity contribution in [2.75, 3.05) is 32.6 Å². The van der Waals surface area contributed by atoms with Gasteiger partial charge in [0.1, 0.15) is 5.75 Å². The molecule has 0 aliphatic carbocycles. The summed E-state index contributed by atoms with van der Waals surface area (Å²) in [6, 6.07) is 12.8. The van der Waals surface area contributed by atoms with Gasteiger partial charge in [-0.3, -0.25) is 14.6 Å². The summed E-state index contributed by atoms with van der Waals surface area (Å²) in [7, 11) is 3.05. The molecule has 1 aliphatic heterocycles. The second kappa shape index (κ2) is 13.8. The zero-order chi connectivity index (χ0) is 28.9. The number of halogens is 2. The first-order chi connectivity index (χ1) is 19.8. The number of carbonyl (C=O) groups is 2. The molecule has 220 valence electrons. The maximum absolute atomic E-state index is 15.0. The van der Waals surface area contributed by atoms with Crippen LogP contribution in [0.25, 0.3) is 10.2 Å². The van der Waals surface area contributed by atoms with Crippen LogP contribution in [0, 0.1) is 5.82 Å². The van der Waals surface area contributed by atoms with Crippen molar-refractivity contribution in [3.05, 3.63) is 71.0 Å². The average molecular weight is 631 g/mol. The van der Waals surface area contributed by atoms with E-state index in [4.69, 9.17) is 26.4 Å². The Hall–Kier alpha value is -4.00. The van der Waals surface area contributed by atoms with Crippen molar-refractivity contribution in [3.8, 4) is 23.0 Å². The molecule has 0 atom stereocenters. The third kappa shape index (κ3) is 7.07. The Balaban J connectivity index is 0.00000405. The summed E-state index contributed by atoms with van der Waals surface area (Å²) in [5.41, 5.74) is 1.66. The zero-order valence-corrected chi connectivity index (χ0v) is 25.2. The standard InChI is InChI=1S/C29H27FN4O5S2.ClH/c1-37-22-7-5-17(13-24(22)38-2)14-26(35)33-29(40)32-18-6-8-21(19(30)15-18)39-23-9-10-31-20-16-25(41-27(20)23)28(36)34-11-3-4-12-34;/h5-10,13,15-16H,3-4,11-12,14H2,1-2H3,(H2,32,33,35,40);1H. The van der Waals surface area contributed by atoms with Crippen LogP contribution in [0.15, 0.2) is 54.7 Å². The van der Waals surface area contributed by atoms with Gasteiger partial charge in [0.05, 0.1) is 35.7 Å². The van der Waals surface area contributed by atoms with Crippen molar-refractivity contribution in [1.29, 1.82) is 0 Å². The van der Waals surface area contributed by atoms with Gasteiger partial charge < -0.3 is 29.7 Å². The number of hydrogen-bond acceptors (Lipinski definition) is 8. The van der Waals surface area contributed by atoms with Crippen LogP contribution >= 0.6 is 36.0 Å². The van der Waals surface area contributed by atoms with Crippen LogP contribution in [0.3, 0.4) is 0 Å². The van der Waals surface area contributed by atoms with Crippen LogP contribution in [0.4, 0.5) is 10.1 Å². The Labute approximate surface area is 257 Å². The summed E-state index contributed by atoms with van der Waals surface area (Å²) in [4.78, 5) is 32.1. The van der Waals surface area contributed by atoms with E-state index in [0.717, 1.165) is 25.9 Å². The lowest BCUT2D eigenvalue weighted by Gasteiger charge is -2.13. The van der Waals surface area contributed by atoms with Gasteiger partial charge >= 0.3 is 0 Å². The maximum Gasteiger partial charge on any atom is 0.264 e. The molecule has 0 unspecified atom stereocenters. The number of nitrogens with zero attached hydrogens (tertiary/aromatic N) is 2. The number of thiocarbonyl (C=S) groups is 1. The summed E-state index contributed by atoms with van der Waals surface area (Å²) >= 11 is 6.52. The molecule has 1 aliphatic rings. The largest absolute Gasteiger partial charge is 0.493 e. The van der Waals surface area contributed by atoms with E-state index in [-0.39, 0.29) is 41.5 Å². The van der Waals surface area contributed by atoms with Crippen molar-refractivity contribution in [1.82, 2.24) is 15.2 Å². The molecular formula is C29H28ClFN4O5S2. The van der Waals surface area contributed by atoms with Crippen molar-refractivity contribution in [2.45, 2.75) is 19.3 Å². The van der Waals surface area contributed by atoms with Gasteiger partial charge in [-0.1, -0.05) is 6.07 Å². The monoisotopic (exact) mass is 630 g/mol. The molecule has 2 aromatic heterocycles. The van der Waals surface area contributed by atoms with Gasteiger partial charge in [0, 0.05) is 37.1 Å². The highest BCUT2D eigenvalue weighted by molar-refractivity contribution is 7.80. The molecule has 3 heterocycles. The normalized spacial score (nSPS) is 12.4. The molecule has 1 saturated heterocycles. The molecule has 0 bridgehead atoms. The number of nitrogens with one attached hydrogen (secondary N) is 2. The molecule has 0 radical (unpaired) electrons. The molecule has 42 heavy (non-hydrogen) atoms.